The highest BCUT2D eigenvalue weighted by molar-refractivity contribution is 5.95. The predicted octanol–water partition coefficient (Wildman–Crippen LogP) is 5.53. The van der Waals surface area contributed by atoms with Gasteiger partial charge in [-0.25, -0.2) is 9.67 Å². The number of alkyl halides is 3. The molecule has 4 rings (SSSR count). The van der Waals surface area contributed by atoms with Gasteiger partial charge in [-0.1, -0.05) is 48.5 Å². The Morgan fingerprint density at radius 1 is 0.970 bits per heavy atom. The first kappa shape index (κ1) is 22.3. The van der Waals surface area contributed by atoms with Gasteiger partial charge in [0.2, 0.25) is 0 Å². The number of halogens is 3. The van der Waals surface area contributed by atoms with Crippen LogP contribution < -0.4 is 0 Å². The molecule has 33 heavy (non-hydrogen) atoms. The number of carbonyl (C=O) groups excluding carboxylic acids is 1. The van der Waals surface area contributed by atoms with Gasteiger partial charge < -0.3 is 4.90 Å². The number of rotatable bonds is 5. The molecule has 0 aliphatic rings. The summed E-state index contributed by atoms with van der Waals surface area (Å²) in [7, 11) is 1.61. The second kappa shape index (κ2) is 8.90. The van der Waals surface area contributed by atoms with Gasteiger partial charge >= 0.3 is 6.18 Å². The number of pyridine rings is 1. The second-order valence-corrected chi connectivity index (χ2v) is 7.64. The molecule has 0 aliphatic heterocycles. The van der Waals surface area contributed by atoms with Crippen LogP contribution >= 0.6 is 0 Å². The quantitative estimate of drug-likeness (QED) is 0.402. The molecule has 2 aromatic carbocycles. The van der Waals surface area contributed by atoms with E-state index in [1.54, 1.807) is 11.7 Å². The Hall–Kier alpha value is -3.94. The summed E-state index contributed by atoms with van der Waals surface area (Å²) in [6.45, 7) is 1.62. The van der Waals surface area contributed by atoms with E-state index in [2.05, 4.69) is 4.98 Å². The van der Waals surface area contributed by atoms with Crippen molar-refractivity contribution in [1.29, 1.82) is 0 Å². The number of nitrogens with zero attached hydrogens (tertiary/aromatic N) is 4. The molecule has 5 nitrogen and oxygen atoms in total. The highest BCUT2D eigenvalue weighted by Gasteiger charge is 2.33. The Morgan fingerprint density at radius 2 is 1.61 bits per heavy atom. The lowest BCUT2D eigenvalue weighted by Gasteiger charge is -2.18. The fourth-order valence-corrected chi connectivity index (χ4v) is 3.56. The second-order valence-electron chi connectivity index (χ2n) is 7.64. The first-order valence-corrected chi connectivity index (χ1v) is 10.2. The van der Waals surface area contributed by atoms with Crippen molar-refractivity contribution in [2.75, 3.05) is 7.05 Å². The lowest BCUT2D eigenvalue weighted by molar-refractivity contribution is -0.141. The van der Waals surface area contributed by atoms with Gasteiger partial charge in [-0.2, -0.15) is 18.3 Å². The fraction of sp³-hybridized carbons (Fsp3) is 0.160. The summed E-state index contributed by atoms with van der Waals surface area (Å²) in [5, 5.41) is 4.73. The minimum atomic E-state index is -4.56. The molecule has 0 radical (unpaired) electrons. The van der Waals surface area contributed by atoms with Crippen LogP contribution in [-0.2, 0) is 12.7 Å². The molecule has 0 spiro atoms. The molecule has 8 heteroatoms. The monoisotopic (exact) mass is 450 g/mol. The predicted molar refractivity (Wildman–Crippen MR) is 119 cm³/mol. The SMILES string of the molecule is Cc1nc(C(F)(F)F)ccc1C(=O)N(C)Cc1cn(-c2ccccc2)nc1-c1ccccc1. The van der Waals surface area contributed by atoms with Crippen LogP contribution in [0.25, 0.3) is 16.9 Å². The van der Waals surface area contributed by atoms with Crippen LogP contribution in [0.3, 0.4) is 0 Å². The first-order valence-electron chi connectivity index (χ1n) is 10.2. The summed E-state index contributed by atoms with van der Waals surface area (Å²) in [4.78, 5) is 18.1. The third kappa shape index (κ3) is 4.79. The molecule has 0 N–H and O–H groups in total. The number of hydrogen-bond donors (Lipinski definition) is 0. The van der Waals surface area contributed by atoms with Gasteiger partial charge in [-0.15, -0.1) is 0 Å². The van der Waals surface area contributed by atoms with Crippen molar-refractivity contribution in [2.24, 2.45) is 0 Å². The summed E-state index contributed by atoms with van der Waals surface area (Å²) in [5.74, 6) is -0.416. The number of aryl methyl sites for hydroxylation is 1. The van der Waals surface area contributed by atoms with Gasteiger partial charge in [0, 0.05) is 30.9 Å². The molecule has 0 fully saturated rings. The molecular formula is C25H21F3N4O. The minimum Gasteiger partial charge on any atom is -0.337 e. The van der Waals surface area contributed by atoms with Gasteiger partial charge in [-0.05, 0) is 31.2 Å². The molecule has 0 aliphatic carbocycles. The maximum atomic E-state index is 13.0. The topological polar surface area (TPSA) is 51.0 Å². The maximum absolute atomic E-state index is 13.0. The molecule has 1 amide bonds. The van der Waals surface area contributed by atoms with Crippen molar-refractivity contribution in [3.63, 3.8) is 0 Å². The van der Waals surface area contributed by atoms with Crippen molar-refractivity contribution in [3.05, 3.63) is 102 Å². The Labute approximate surface area is 189 Å². The largest absolute Gasteiger partial charge is 0.433 e. The Bertz CT molecular complexity index is 1270. The summed E-state index contributed by atoms with van der Waals surface area (Å²) < 4.78 is 40.5. The van der Waals surface area contributed by atoms with Crippen molar-refractivity contribution < 1.29 is 18.0 Å². The lowest BCUT2D eigenvalue weighted by atomic mass is 10.1. The van der Waals surface area contributed by atoms with E-state index in [1.807, 2.05) is 66.9 Å². The van der Waals surface area contributed by atoms with Crippen molar-refractivity contribution in [1.82, 2.24) is 19.7 Å². The van der Waals surface area contributed by atoms with Crippen LogP contribution in [0, 0.1) is 6.92 Å². The molecule has 0 saturated carbocycles. The highest BCUT2D eigenvalue weighted by Crippen LogP contribution is 2.29. The number of hydrogen-bond acceptors (Lipinski definition) is 3. The van der Waals surface area contributed by atoms with Crippen molar-refractivity contribution >= 4 is 5.91 Å². The van der Waals surface area contributed by atoms with Gasteiger partial charge in [-0.3, -0.25) is 4.79 Å². The van der Waals surface area contributed by atoms with E-state index < -0.39 is 17.8 Å². The number of carbonyl (C=O) groups is 1. The van der Waals surface area contributed by atoms with Crippen LogP contribution in [0.15, 0.2) is 79.0 Å². The third-order valence-electron chi connectivity index (χ3n) is 5.22. The smallest absolute Gasteiger partial charge is 0.337 e. The average molecular weight is 450 g/mol. The molecule has 2 aromatic heterocycles. The fourth-order valence-electron chi connectivity index (χ4n) is 3.56. The zero-order valence-corrected chi connectivity index (χ0v) is 18.0. The van der Waals surface area contributed by atoms with Crippen LogP contribution in [0.5, 0.6) is 0 Å². The van der Waals surface area contributed by atoms with E-state index in [-0.39, 0.29) is 17.8 Å². The van der Waals surface area contributed by atoms with E-state index in [0.29, 0.717) is 0 Å². The lowest BCUT2D eigenvalue weighted by Crippen LogP contribution is -2.27. The molecule has 168 valence electrons. The molecule has 0 unspecified atom stereocenters. The van der Waals surface area contributed by atoms with Crippen LogP contribution in [0.4, 0.5) is 13.2 Å². The average Bonchev–Trinajstić information content (AvgIpc) is 3.23. The van der Waals surface area contributed by atoms with Gasteiger partial charge in [0.25, 0.3) is 5.91 Å². The highest BCUT2D eigenvalue weighted by atomic mass is 19.4. The number of para-hydroxylation sites is 1. The van der Waals surface area contributed by atoms with E-state index in [4.69, 9.17) is 5.10 Å². The standard InChI is InChI=1S/C25H21F3N4O/c1-17-21(13-14-22(29-17)25(26,27)28)24(33)31(2)15-19-16-32(20-11-7-4-8-12-20)30-23(19)18-9-5-3-6-10-18/h3-14,16H,15H2,1-2H3. The summed E-state index contributed by atoms with van der Waals surface area (Å²) in [6.07, 6.45) is -2.70. The zero-order valence-electron chi connectivity index (χ0n) is 18.0. The van der Waals surface area contributed by atoms with Gasteiger partial charge in [0.1, 0.15) is 5.69 Å². The summed E-state index contributed by atoms with van der Waals surface area (Å²) >= 11 is 0. The van der Waals surface area contributed by atoms with E-state index in [0.717, 1.165) is 28.6 Å². The van der Waals surface area contributed by atoms with Crippen molar-refractivity contribution in [2.45, 2.75) is 19.6 Å². The Balaban J connectivity index is 1.65. The van der Waals surface area contributed by atoms with Gasteiger partial charge in [0.15, 0.2) is 0 Å². The van der Waals surface area contributed by atoms with E-state index in [1.165, 1.54) is 17.9 Å². The third-order valence-corrected chi connectivity index (χ3v) is 5.22. The molecule has 0 atom stereocenters. The van der Waals surface area contributed by atoms with E-state index >= 15 is 0 Å². The molecule has 0 bridgehead atoms. The summed E-state index contributed by atoms with van der Waals surface area (Å²) in [6, 6.07) is 21.2. The molecule has 4 aromatic rings. The van der Waals surface area contributed by atoms with Crippen LogP contribution in [0.1, 0.15) is 27.3 Å². The number of benzene rings is 2. The Morgan fingerprint density at radius 3 is 2.21 bits per heavy atom. The minimum absolute atomic E-state index is 0.0324. The maximum Gasteiger partial charge on any atom is 0.433 e. The zero-order chi connectivity index (χ0) is 23.6. The Kier molecular flexibility index (Phi) is 6.00. The summed E-state index contributed by atoms with van der Waals surface area (Å²) in [5.41, 5.74) is 2.44. The van der Waals surface area contributed by atoms with Crippen molar-refractivity contribution in [3.8, 4) is 16.9 Å². The van der Waals surface area contributed by atoms with Crippen LogP contribution in [-0.4, -0.2) is 32.6 Å². The normalized spacial score (nSPS) is 11.4. The van der Waals surface area contributed by atoms with E-state index in [9.17, 15) is 18.0 Å². The molecule has 0 saturated heterocycles. The molecule has 2 heterocycles. The number of amides is 1. The van der Waals surface area contributed by atoms with Crippen LogP contribution in [0.2, 0.25) is 0 Å². The number of aromatic nitrogens is 3. The van der Waals surface area contributed by atoms with Gasteiger partial charge in [0.05, 0.1) is 22.6 Å². The molecular weight excluding hydrogens is 429 g/mol. The first-order chi connectivity index (χ1) is 15.7.